The molecular formula is C12H20N2O3. The minimum absolute atomic E-state index is 0.0120. The van der Waals surface area contributed by atoms with Crippen LogP contribution in [0.1, 0.15) is 29.5 Å². The highest BCUT2D eigenvalue weighted by atomic mass is 16.5. The number of aliphatic hydroxyl groups excluding tert-OH is 1. The molecule has 0 fully saturated rings. The van der Waals surface area contributed by atoms with Crippen molar-refractivity contribution in [3.63, 3.8) is 0 Å². The smallest absolute Gasteiger partial charge is 0.247 e. The van der Waals surface area contributed by atoms with Gasteiger partial charge in [0.1, 0.15) is 0 Å². The number of nitrogens with zero attached hydrogens (tertiary/aromatic N) is 2. The fourth-order valence-electron chi connectivity index (χ4n) is 1.67. The van der Waals surface area contributed by atoms with Gasteiger partial charge in [-0.25, -0.2) is 4.68 Å². The Bertz CT molecular complexity index is 374. The van der Waals surface area contributed by atoms with Gasteiger partial charge in [0, 0.05) is 18.7 Å². The summed E-state index contributed by atoms with van der Waals surface area (Å²) in [4.78, 5) is 11.9. The molecule has 0 spiro atoms. The van der Waals surface area contributed by atoms with E-state index < -0.39 is 0 Å². The number of aryl methyl sites for hydroxylation is 2. The molecule has 0 radical (unpaired) electrons. The highest BCUT2D eigenvalue weighted by Crippen LogP contribution is 2.08. The minimum Gasteiger partial charge on any atom is -0.394 e. The van der Waals surface area contributed by atoms with E-state index in [0.29, 0.717) is 19.6 Å². The van der Waals surface area contributed by atoms with E-state index in [1.165, 1.54) is 4.68 Å². The van der Waals surface area contributed by atoms with Crippen molar-refractivity contribution in [2.24, 2.45) is 5.92 Å². The number of rotatable bonds is 6. The van der Waals surface area contributed by atoms with Gasteiger partial charge in [0.2, 0.25) is 5.91 Å². The Balaban J connectivity index is 2.46. The van der Waals surface area contributed by atoms with Crippen LogP contribution in [0.25, 0.3) is 0 Å². The van der Waals surface area contributed by atoms with Gasteiger partial charge in [-0.15, -0.1) is 0 Å². The van der Waals surface area contributed by atoms with E-state index in [1.807, 2.05) is 26.8 Å². The highest BCUT2D eigenvalue weighted by molar-refractivity contribution is 5.78. The molecule has 0 aromatic carbocycles. The van der Waals surface area contributed by atoms with Crippen LogP contribution in [0.15, 0.2) is 6.07 Å². The van der Waals surface area contributed by atoms with Crippen LogP contribution in [0.2, 0.25) is 0 Å². The second-order valence-corrected chi connectivity index (χ2v) is 4.34. The maximum atomic E-state index is 11.9. The second kappa shape index (κ2) is 6.51. The third kappa shape index (κ3) is 4.28. The SMILES string of the molecule is Cc1cc(C)n(C(=O)C[C@@H](C)COCCO)n1. The van der Waals surface area contributed by atoms with Gasteiger partial charge in [-0.2, -0.15) is 5.10 Å². The molecule has 0 saturated heterocycles. The van der Waals surface area contributed by atoms with Gasteiger partial charge in [-0.3, -0.25) is 4.79 Å². The number of hydrogen-bond donors (Lipinski definition) is 1. The first-order valence-corrected chi connectivity index (χ1v) is 5.79. The largest absolute Gasteiger partial charge is 0.394 e. The van der Waals surface area contributed by atoms with E-state index >= 15 is 0 Å². The van der Waals surface area contributed by atoms with Crippen molar-refractivity contribution in [1.29, 1.82) is 0 Å². The van der Waals surface area contributed by atoms with Crippen LogP contribution in [0, 0.1) is 19.8 Å². The van der Waals surface area contributed by atoms with Crippen molar-refractivity contribution < 1.29 is 14.6 Å². The lowest BCUT2D eigenvalue weighted by Crippen LogP contribution is -2.19. The third-order valence-corrected chi connectivity index (χ3v) is 2.41. The lowest BCUT2D eigenvalue weighted by atomic mass is 10.1. The van der Waals surface area contributed by atoms with E-state index in [9.17, 15) is 4.79 Å². The molecule has 1 aromatic heterocycles. The maximum absolute atomic E-state index is 11.9. The second-order valence-electron chi connectivity index (χ2n) is 4.34. The molecule has 0 aliphatic heterocycles. The summed E-state index contributed by atoms with van der Waals surface area (Å²) >= 11 is 0. The van der Waals surface area contributed by atoms with Crippen molar-refractivity contribution in [3.05, 3.63) is 17.5 Å². The fourth-order valence-corrected chi connectivity index (χ4v) is 1.67. The van der Waals surface area contributed by atoms with Gasteiger partial charge in [0.25, 0.3) is 0 Å². The normalized spacial score (nSPS) is 12.7. The summed E-state index contributed by atoms with van der Waals surface area (Å²) in [5, 5.41) is 12.7. The van der Waals surface area contributed by atoms with Crippen molar-refractivity contribution >= 4 is 5.91 Å². The van der Waals surface area contributed by atoms with Gasteiger partial charge in [0.05, 0.1) is 18.9 Å². The first-order chi connectivity index (χ1) is 8.04. The fraction of sp³-hybridized carbons (Fsp3) is 0.667. The molecule has 0 amide bonds. The van der Waals surface area contributed by atoms with E-state index in [2.05, 4.69) is 5.10 Å². The molecule has 0 aliphatic carbocycles. The molecule has 1 aromatic rings. The Kier molecular flexibility index (Phi) is 5.31. The molecule has 1 N–H and O–H groups in total. The van der Waals surface area contributed by atoms with Crippen molar-refractivity contribution in [2.45, 2.75) is 27.2 Å². The van der Waals surface area contributed by atoms with Crippen molar-refractivity contribution in [3.8, 4) is 0 Å². The molecule has 5 heteroatoms. The van der Waals surface area contributed by atoms with Gasteiger partial charge >= 0.3 is 0 Å². The number of aliphatic hydroxyl groups is 1. The highest BCUT2D eigenvalue weighted by Gasteiger charge is 2.14. The van der Waals surface area contributed by atoms with Gasteiger partial charge in [-0.05, 0) is 25.8 Å². The number of hydrogen-bond acceptors (Lipinski definition) is 4. The lowest BCUT2D eigenvalue weighted by molar-refractivity contribution is 0.0622. The van der Waals surface area contributed by atoms with E-state index in [4.69, 9.17) is 9.84 Å². The van der Waals surface area contributed by atoms with Crippen LogP contribution >= 0.6 is 0 Å². The van der Waals surface area contributed by atoms with Gasteiger partial charge < -0.3 is 9.84 Å². The molecule has 5 nitrogen and oxygen atoms in total. The molecule has 0 unspecified atom stereocenters. The maximum Gasteiger partial charge on any atom is 0.247 e. The lowest BCUT2D eigenvalue weighted by Gasteiger charge is -2.11. The summed E-state index contributed by atoms with van der Waals surface area (Å²) < 4.78 is 6.63. The third-order valence-electron chi connectivity index (χ3n) is 2.41. The predicted molar refractivity (Wildman–Crippen MR) is 64.0 cm³/mol. The number of ether oxygens (including phenoxy) is 1. The summed E-state index contributed by atoms with van der Waals surface area (Å²) in [5.74, 6) is 0.105. The van der Waals surface area contributed by atoms with Crippen LogP contribution in [0.5, 0.6) is 0 Å². The summed E-state index contributed by atoms with van der Waals surface area (Å²) in [7, 11) is 0. The van der Waals surface area contributed by atoms with E-state index in [0.717, 1.165) is 11.4 Å². The van der Waals surface area contributed by atoms with Crippen LogP contribution in [-0.2, 0) is 4.74 Å². The van der Waals surface area contributed by atoms with Gasteiger partial charge in [-0.1, -0.05) is 6.92 Å². The summed E-state index contributed by atoms with van der Waals surface area (Å²) in [6, 6.07) is 1.88. The summed E-state index contributed by atoms with van der Waals surface area (Å²) in [5.41, 5.74) is 1.70. The van der Waals surface area contributed by atoms with E-state index in [-0.39, 0.29) is 18.4 Å². The zero-order valence-electron chi connectivity index (χ0n) is 10.6. The van der Waals surface area contributed by atoms with Crippen LogP contribution in [0.4, 0.5) is 0 Å². The zero-order chi connectivity index (χ0) is 12.8. The summed E-state index contributed by atoms with van der Waals surface area (Å²) in [6.45, 7) is 6.48. The molecule has 17 heavy (non-hydrogen) atoms. The minimum atomic E-state index is -0.0179. The van der Waals surface area contributed by atoms with Crippen molar-refractivity contribution in [1.82, 2.24) is 9.78 Å². The molecule has 1 heterocycles. The number of carbonyl (C=O) groups is 1. The number of aromatic nitrogens is 2. The first kappa shape index (κ1) is 13.9. The van der Waals surface area contributed by atoms with Crippen molar-refractivity contribution in [2.75, 3.05) is 19.8 Å². The van der Waals surface area contributed by atoms with E-state index in [1.54, 1.807) is 0 Å². The Morgan fingerprint density at radius 3 is 2.82 bits per heavy atom. The monoisotopic (exact) mass is 240 g/mol. The molecular weight excluding hydrogens is 220 g/mol. The Morgan fingerprint density at radius 1 is 1.59 bits per heavy atom. The topological polar surface area (TPSA) is 64.3 Å². The zero-order valence-corrected chi connectivity index (χ0v) is 10.6. The average molecular weight is 240 g/mol. The van der Waals surface area contributed by atoms with Crippen LogP contribution in [-0.4, -0.2) is 40.6 Å². The average Bonchev–Trinajstić information content (AvgIpc) is 2.58. The summed E-state index contributed by atoms with van der Waals surface area (Å²) in [6.07, 6.45) is 0.396. The first-order valence-electron chi connectivity index (χ1n) is 5.79. The quantitative estimate of drug-likeness (QED) is 0.758. The molecule has 1 rings (SSSR count). The standard InChI is InChI=1S/C12H20N2O3/c1-9(8-17-5-4-15)6-12(16)14-11(3)7-10(2)13-14/h7,9,15H,4-6,8H2,1-3H3/t9-/m1/s1. The Hall–Kier alpha value is -1.20. The molecule has 0 bridgehead atoms. The predicted octanol–water partition coefficient (Wildman–Crippen LogP) is 1.18. The molecule has 0 saturated carbocycles. The Morgan fingerprint density at radius 2 is 2.29 bits per heavy atom. The molecule has 96 valence electrons. The molecule has 1 atom stereocenters. The van der Waals surface area contributed by atoms with Crippen LogP contribution in [0.3, 0.4) is 0 Å². The van der Waals surface area contributed by atoms with Gasteiger partial charge in [0.15, 0.2) is 0 Å². The molecule has 0 aliphatic rings. The van der Waals surface area contributed by atoms with Crippen LogP contribution < -0.4 is 0 Å². The Labute approximate surface area is 101 Å². The number of carbonyl (C=O) groups excluding carboxylic acids is 1.